The van der Waals surface area contributed by atoms with Crippen molar-refractivity contribution in [3.63, 3.8) is 0 Å². The Bertz CT molecular complexity index is 978. The fourth-order valence-electron chi connectivity index (χ4n) is 4.99. The standard InChI is InChI=1S/C26H28/c1-16-17(2)25(26(5,6)19(16)4)24-22-15-11-10-14-21(22)18(3)23(24)20-12-8-7-9-13-20/h7-15,18H,1-6H3. The molecule has 0 fully saturated rings. The first-order chi connectivity index (χ1) is 12.4. The minimum absolute atomic E-state index is 0.0701. The van der Waals surface area contributed by atoms with Crippen molar-refractivity contribution >= 4 is 11.1 Å². The maximum Gasteiger partial charge on any atom is 0.0117 e. The number of hydrogen-bond acceptors (Lipinski definition) is 0. The highest BCUT2D eigenvalue weighted by Gasteiger charge is 2.41. The third-order valence-corrected chi connectivity index (χ3v) is 6.80. The van der Waals surface area contributed by atoms with Gasteiger partial charge >= 0.3 is 0 Å². The van der Waals surface area contributed by atoms with E-state index < -0.39 is 0 Å². The summed E-state index contributed by atoms with van der Waals surface area (Å²) in [5.41, 5.74) is 13.2. The number of hydrogen-bond donors (Lipinski definition) is 0. The summed E-state index contributed by atoms with van der Waals surface area (Å²) in [4.78, 5) is 0. The maximum atomic E-state index is 2.39. The molecular formula is C26H28. The molecule has 0 aromatic heterocycles. The number of allylic oxidation sites excluding steroid dienone is 6. The highest BCUT2D eigenvalue weighted by molar-refractivity contribution is 6.07. The Morgan fingerprint density at radius 3 is 2.00 bits per heavy atom. The van der Waals surface area contributed by atoms with Crippen molar-refractivity contribution in [3.05, 3.63) is 93.6 Å². The van der Waals surface area contributed by atoms with Gasteiger partial charge in [0.15, 0.2) is 0 Å². The second kappa shape index (κ2) is 5.84. The summed E-state index contributed by atoms with van der Waals surface area (Å²) in [6.07, 6.45) is 0. The Morgan fingerprint density at radius 2 is 1.38 bits per heavy atom. The summed E-state index contributed by atoms with van der Waals surface area (Å²) >= 11 is 0. The summed E-state index contributed by atoms with van der Waals surface area (Å²) in [7, 11) is 0. The number of rotatable bonds is 2. The van der Waals surface area contributed by atoms with Gasteiger partial charge < -0.3 is 0 Å². The Balaban J connectivity index is 2.07. The molecule has 0 aliphatic heterocycles. The van der Waals surface area contributed by atoms with Gasteiger partial charge in [0.25, 0.3) is 0 Å². The summed E-state index contributed by atoms with van der Waals surface area (Å²) in [6.45, 7) is 14.0. The Kier molecular flexibility index (Phi) is 3.84. The molecule has 1 atom stereocenters. The van der Waals surface area contributed by atoms with Crippen LogP contribution in [0.25, 0.3) is 11.1 Å². The topological polar surface area (TPSA) is 0 Å². The van der Waals surface area contributed by atoms with Crippen molar-refractivity contribution in [1.82, 2.24) is 0 Å². The van der Waals surface area contributed by atoms with Crippen molar-refractivity contribution < 1.29 is 0 Å². The van der Waals surface area contributed by atoms with E-state index in [1.165, 1.54) is 50.1 Å². The van der Waals surface area contributed by atoms with E-state index in [1.807, 2.05) is 0 Å². The SMILES string of the molecule is CC1=C(C)C(C)(C)C(C2=C(c3ccccc3)C(C)c3ccccc32)=C1C. The summed E-state index contributed by atoms with van der Waals surface area (Å²) in [5, 5.41) is 0. The molecule has 2 aliphatic rings. The van der Waals surface area contributed by atoms with Gasteiger partial charge in [-0.3, -0.25) is 0 Å². The molecule has 0 heterocycles. The highest BCUT2D eigenvalue weighted by Crippen LogP contribution is 2.58. The average Bonchev–Trinajstić information content (AvgIpc) is 3.01. The third-order valence-electron chi connectivity index (χ3n) is 6.80. The smallest absolute Gasteiger partial charge is 0.0117 e. The average molecular weight is 341 g/mol. The molecule has 0 nitrogen and oxygen atoms in total. The van der Waals surface area contributed by atoms with E-state index in [2.05, 4.69) is 96.1 Å². The molecule has 0 saturated heterocycles. The van der Waals surface area contributed by atoms with Gasteiger partial charge in [-0.15, -0.1) is 0 Å². The van der Waals surface area contributed by atoms with Crippen LogP contribution in [0, 0.1) is 5.41 Å². The zero-order valence-corrected chi connectivity index (χ0v) is 16.8. The first-order valence-electron chi connectivity index (χ1n) is 9.64. The number of fused-ring (bicyclic) bond motifs is 1. The monoisotopic (exact) mass is 340 g/mol. The van der Waals surface area contributed by atoms with Gasteiger partial charge in [0.2, 0.25) is 0 Å². The Labute approximate surface area is 158 Å². The zero-order chi connectivity index (χ0) is 18.6. The quantitative estimate of drug-likeness (QED) is 0.534. The lowest BCUT2D eigenvalue weighted by atomic mass is 9.75. The summed E-state index contributed by atoms with van der Waals surface area (Å²) < 4.78 is 0. The fourth-order valence-corrected chi connectivity index (χ4v) is 4.99. The van der Waals surface area contributed by atoms with Crippen LogP contribution >= 0.6 is 0 Å². The summed E-state index contributed by atoms with van der Waals surface area (Å²) in [6, 6.07) is 19.9. The molecule has 0 amide bonds. The van der Waals surface area contributed by atoms with Gasteiger partial charge in [0, 0.05) is 11.3 Å². The molecule has 132 valence electrons. The lowest BCUT2D eigenvalue weighted by Gasteiger charge is -2.28. The summed E-state index contributed by atoms with van der Waals surface area (Å²) in [5.74, 6) is 0.418. The van der Waals surface area contributed by atoms with E-state index >= 15 is 0 Å². The zero-order valence-electron chi connectivity index (χ0n) is 16.8. The van der Waals surface area contributed by atoms with Gasteiger partial charge in [-0.2, -0.15) is 0 Å². The van der Waals surface area contributed by atoms with E-state index in [0.717, 1.165) is 0 Å². The molecular weight excluding hydrogens is 312 g/mol. The molecule has 2 aromatic rings. The lowest BCUT2D eigenvalue weighted by Crippen LogP contribution is -2.15. The minimum atomic E-state index is 0.0701. The number of benzene rings is 2. The molecule has 0 bridgehead atoms. The van der Waals surface area contributed by atoms with Gasteiger partial charge in [0.1, 0.15) is 0 Å². The van der Waals surface area contributed by atoms with E-state index in [9.17, 15) is 0 Å². The molecule has 0 saturated carbocycles. The minimum Gasteiger partial charge on any atom is -0.0622 e. The van der Waals surface area contributed by atoms with Gasteiger partial charge in [-0.1, -0.05) is 80.9 Å². The van der Waals surface area contributed by atoms with Crippen LogP contribution in [0.4, 0.5) is 0 Å². The largest absolute Gasteiger partial charge is 0.0622 e. The predicted molar refractivity (Wildman–Crippen MR) is 113 cm³/mol. The molecule has 0 heteroatoms. The van der Waals surface area contributed by atoms with Gasteiger partial charge in [-0.25, -0.2) is 0 Å². The second-order valence-electron chi connectivity index (χ2n) is 8.34. The third kappa shape index (κ3) is 2.21. The molecule has 0 N–H and O–H groups in total. The van der Waals surface area contributed by atoms with Gasteiger partial charge in [0.05, 0.1) is 0 Å². The van der Waals surface area contributed by atoms with E-state index in [1.54, 1.807) is 0 Å². The van der Waals surface area contributed by atoms with E-state index in [4.69, 9.17) is 0 Å². The Hall–Kier alpha value is -2.34. The van der Waals surface area contributed by atoms with Crippen LogP contribution in [0.3, 0.4) is 0 Å². The van der Waals surface area contributed by atoms with Crippen molar-refractivity contribution in [2.75, 3.05) is 0 Å². The molecule has 0 spiro atoms. The molecule has 2 aromatic carbocycles. The molecule has 26 heavy (non-hydrogen) atoms. The second-order valence-corrected chi connectivity index (χ2v) is 8.34. The van der Waals surface area contributed by atoms with Crippen LogP contribution in [0.2, 0.25) is 0 Å². The van der Waals surface area contributed by atoms with Crippen LogP contribution in [-0.4, -0.2) is 0 Å². The van der Waals surface area contributed by atoms with Crippen LogP contribution in [0.1, 0.15) is 64.2 Å². The Morgan fingerprint density at radius 1 is 0.769 bits per heavy atom. The maximum absolute atomic E-state index is 2.39. The predicted octanol–water partition coefficient (Wildman–Crippen LogP) is 7.41. The van der Waals surface area contributed by atoms with E-state index in [-0.39, 0.29) is 5.41 Å². The normalized spacial score (nSPS) is 21.7. The molecule has 1 unspecified atom stereocenters. The van der Waals surface area contributed by atoms with Crippen LogP contribution in [0.5, 0.6) is 0 Å². The van der Waals surface area contributed by atoms with E-state index in [0.29, 0.717) is 5.92 Å². The van der Waals surface area contributed by atoms with Crippen LogP contribution in [-0.2, 0) is 0 Å². The highest BCUT2D eigenvalue weighted by atomic mass is 14.4. The first kappa shape index (κ1) is 17.1. The van der Waals surface area contributed by atoms with Gasteiger partial charge in [-0.05, 0) is 65.3 Å². The van der Waals surface area contributed by atoms with Crippen molar-refractivity contribution in [2.45, 2.75) is 47.5 Å². The molecule has 4 rings (SSSR count). The van der Waals surface area contributed by atoms with Crippen molar-refractivity contribution in [2.24, 2.45) is 5.41 Å². The molecule has 2 aliphatic carbocycles. The first-order valence-corrected chi connectivity index (χ1v) is 9.64. The fraction of sp³-hybridized carbons (Fsp3) is 0.308. The lowest BCUT2D eigenvalue weighted by molar-refractivity contribution is 0.564. The van der Waals surface area contributed by atoms with Crippen molar-refractivity contribution in [1.29, 1.82) is 0 Å². The van der Waals surface area contributed by atoms with Crippen LogP contribution in [0.15, 0.2) is 76.9 Å². The van der Waals surface area contributed by atoms with Crippen molar-refractivity contribution in [3.8, 4) is 0 Å². The molecule has 0 radical (unpaired) electrons. The van der Waals surface area contributed by atoms with Crippen LogP contribution < -0.4 is 0 Å².